The van der Waals surface area contributed by atoms with Crippen LogP contribution in [0.4, 0.5) is 0 Å². The lowest BCUT2D eigenvalue weighted by molar-refractivity contribution is 0.0647. The Hall–Kier alpha value is -2.93. The monoisotopic (exact) mass is 414 g/mol. The normalized spacial score (nSPS) is 11.9. The highest BCUT2D eigenvalue weighted by Gasteiger charge is 2.26. The van der Waals surface area contributed by atoms with Crippen LogP contribution in [0.15, 0.2) is 40.9 Å². The predicted molar refractivity (Wildman–Crippen MR) is 110 cm³/mol. The van der Waals surface area contributed by atoms with Gasteiger partial charge in [0.15, 0.2) is 0 Å². The Bertz CT molecular complexity index is 988. The van der Waals surface area contributed by atoms with Crippen molar-refractivity contribution in [3.63, 3.8) is 0 Å². The number of benzene rings is 1. The van der Waals surface area contributed by atoms with Crippen LogP contribution in [0.5, 0.6) is 5.88 Å². The molecule has 0 saturated carbocycles. The summed E-state index contributed by atoms with van der Waals surface area (Å²) >= 11 is 5.85. The van der Waals surface area contributed by atoms with Crippen LogP contribution in [-0.2, 0) is 0 Å². The van der Waals surface area contributed by atoms with Crippen LogP contribution in [0.1, 0.15) is 35.7 Å². The number of ether oxygens (including phenoxy) is 1. The Morgan fingerprint density at radius 3 is 2.66 bits per heavy atom. The number of hydrogen-bond acceptors (Lipinski definition) is 6. The average molecular weight is 415 g/mol. The summed E-state index contributed by atoms with van der Waals surface area (Å²) in [7, 11) is 0. The van der Waals surface area contributed by atoms with Crippen LogP contribution in [-0.4, -0.2) is 45.2 Å². The van der Waals surface area contributed by atoms with E-state index in [1.54, 1.807) is 30.0 Å². The summed E-state index contributed by atoms with van der Waals surface area (Å²) in [5.74, 6) is 1.13. The third-order valence-corrected chi connectivity index (χ3v) is 4.77. The minimum absolute atomic E-state index is 0.123. The smallest absolute Gasteiger partial charge is 0.255 e. The van der Waals surface area contributed by atoms with Gasteiger partial charge >= 0.3 is 0 Å². The van der Waals surface area contributed by atoms with Crippen molar-refractivity contribution in [2.24, 2.45) is 0 Å². The Kier molecular flexibility index (Phi) is 6.49. The second-order valence-electron chi connectivity index (χ2n) is 6.69. The lowest BCUT2D eigenvalue weighted by Crippen LogP contribution is -2.42. The minimum Gasteiger partial charge on any atom is -0.475 e. The van der Waals surface area contributed by atoms with E-state index in [0.29, 0.717) is 47.0 Å². The first-order valence-corrected chi connectivity index (χ1v) is 9.74. The highest BCUT2D eigenvalue weighted by atomic mass is 35.5. The Morgan fingerprint density at radius 2 is 2.03 bits per heavy atom. The number of nitrogens with zero attached hydrogens (tertiary/aromatic N) is 4. The summed E-state index contributed by atoms with van der Waals surface area (Å²) in [4.78, 5) is 19.2. The quantitative estimate of drug-likeness (QED) is 0.572. The molecule has 0 spiro atoms. The molecule has 29 heavy (non-hydrogen) atoms. The minimum atomic E-state index is -0.178. The van der Waals surface area contributed by atoms with E-state index in [2.05, 4.69) is 15.2 Å². The molecular weight excluding hydrogens is 392 g/mol. The molecule has 0 fully saturated rings. The van der Waals surface area contributed by atoms with Gasteiger partial charge < -0.3 is 14.1 Å². The Balaban J connectivity index is 1.82. The second kappa shape index (κ2) is 9.05. The maximum Gasteiger partial charge on any atom is 0.255 e. The Morgan fingerprint density at radius 1 is 1.24 bits per heavy atom. The van der Waals surface area contributed by atoms with E-state index in [1.807, 2.05) is 32.9 Å². The fourth-order valence-corrected chi connectivity index (χ4v) is 3.19. The van der Waals surface area contributed by atoms with Crippen molar-refractivity contribution in [3.8, 4) is 17.3 Å². The van der Waals surface area contributed by atoms with Crippen molar-refractivity contribution in [2.45, 2.75) is 33.7 Å². The summed E-state index contributed by atoms with van der Waals surface area (Å²) < 4.78 is 11.3. The predicted octanol–water partition coefficient (Wildman–Crippen LogP) is 4.33. The van der Waals surface area contributed by atoms with Gasteiger partial charge in [0, 0.05) is 25.7 Å². The second-order valence-corrected chi connectivity index (χ2v) is 7.13. The van der Waals surface area contributed by atoms with Gasteiger partial charge in [-0.15, -0.1) is 10.2 Å². The van der Waals surface area contributed by atoms with Crippen molar-refractivity contribution >= 4 is 17.5 Å². The highest BCUT2D eigenvalue weighted by molar-refractivity contribution is 6.30. The number of halogens is 1. The van der Waals surface area contributed by atoms with Gasteiger partial charge in [0.05, 0.1) is 22.2 Å². The lowest BCUT2D eigenvalue weighted by atomic mass is 10.00. The van der Waals surface area contributed by atoms with E-state index >= 15 is 0 Å². The number of hydrogen-bond donors (Lipinski definition) is 0. The van der Waals surface area contributed by atoms with E-state index < -0.39 is 0 Å². The summed E-state index contributed by atoms with van der Waals surface area (Å²) in [6.45, 7) is 8.33. The molecule has 8 heteroatoms. The lowest BCUT2D eigenvalue weighted by Gasteiger charge is -2.28. The summed E-state index contributed by atoms with van der Waals surface area (Å²) in [6.07, 6.45) is 1.52. The van der Waals surface area contributed by atoms with E-state index in [-0.39, 0.29) is 11.9 Å². The van der Waals surface area contributed by atoms with Crippen molar-refractivity contribution in [1.29, 1.82) is 0 Å². The molecule has 0 radical (unpaired) electrons. The van der Waals surface area contributed by atoms with Crippen molar-refractivity contribution in [1.82, 2.24) is 20.1 Å². The summed E-state index contributed by atoms with van der Waals surface area (Å²) in [5.41, 5.74) is 2.07. The molecule has 0 unspecified atom stereocenters. The molecule has 2 aromatic heterocycles. The maximum absolute atomic E-state index is 13.4. The molecule has 0 aliphatic carbocycles. The number of aryl methyl sites for hydroxylation is 2. The topological polar surface area (TPSA) is 81.4 Å². The molecular formula is C21H23ClN4O3. The van der Waals surface area contributed by atoms with E-state index in [0.717, 1.165) is 5.56 Å². The molecule has 2 heterocycles. The number of likely N-dealkylation sites (N-methyl/N-ethyl adjacent to an activating group) is 1. The van der Waals surface area contributed by atoms with Gasteiger partial charge in [0.1, 0.15) is 6.61 Å². The summed E-state index contributed by atoms with van der Waals surface area (Å²) in [6, 6.07) is 8.78. The van der Waals surface area contributed by atoms with Gasteiger partial charge in [-0.25, -0.2) is 4.98 Å². The van der Waals surface area contributed by atoms with Crippen LogP contribution in [0, 0.1) is 13.8 Å². The fraction of sp³-hybridized carbons (Fsp3) is 0.333. The van der Waals surface area contributed by atoms with Crippen LogP contribution in [0.25, 0.3) is 11.5 Å². The van der Waals surface area contributed by atoms with Crippen molar-refractivity contribution < 1.29 is 13.9 Å². The maximum atomic E-state index is 13.4. The molecule has 0 saturated heterocycles. The number of carbonyl (C=O) groups is 1. The van der Waals surface area contributed by atoms with Crippen LogP contribution >= 0.6 is 11.6 Å². The van der Waals surface area contributed by atoms with E-state index in [4.69, 9.17) is 20.8 Å². The summed E-state index contributed by atoms with van der Waals surface area (Å²) in [5, 5.41) is 8.54. The third-order valence-electron chi connectivity index (χ3n) is 4.55. The largest absolute Gasteiger partial charge is 0.475 e. The Labute approximate surface area is 174 Å². The van der Waals surface area contributed by atoms with Gasteiger partial charge in [0.2, 0.25) is 17.7 Å². The number of rotatable bonds is 7. The molecule has 3 rings (SSSR count). The standard InChI is InChI=1S/C21H23ClN4O3/c1-5-26(14(3)12-28-18-10-9-16(22)11-23-18)21(27)17-8-6-7-13(2)19(17)20-25-24-15(4)29-20/h6-11,14H,5,12H2,1-4H3/t14-/m0/s1. The van der Waals surface area contributed by atoms with Gasteiger partial charge in [-0.2, -0.15) is 0 Å². The molecule has 7 nitrogen and oxygen atoms in total. The molecule has 1 amide bonds. The number of amides is 1. The third kappa shape index (κ3) is 4.74. The number of pyridine rings is 1. The first-order valence-electron chi connectivity index (χ1n) is 9.36. The van der Waals surface area contributed by atoms with Gasteiger partial charge in [-0.1, -0.05) is 23.7 Å². The molecule has 0 aliphatic heterocycles. The number of carbonyl (C=O) groups excluding carboxylic acids is 1. The number of aromatic nitrogens is 3. The van der Waals surface area contributed by atoms with Gasteiger partial charge in [0.25, 0.3) is 5.91 Å². The molecule has 0 aliphatic rings. The molecule has 1 aromatic carbocycles. The average Bonchev–Trinajstić information content (AvgIpc) is 3.13. The molecule has 152 valence electrons. The van der Waals surface area contributed by atoms with E-state index in [1.165, 1.54) is 6.20 Å². The first-order chi connectivity index (χ1) is 13.9. The van der Waals surface area contributed by atoms with E-state index in [9.17, 15) is 4.79 Å². The van der Waals surface area contributed by atoms with Crippen molar-refractivity contribution in [2.75, 3.05) is 13.2 Å². The van der Waals surface area contributed by atoms with Gasteiger partial charge in [-0.3, -0.25) is 4.79 Å². The highest BCUT2D eigenvalue weighted by Crippen LogP contribution is 2.28. The van der Waals surface area contributed by atoms with Crippen molar-refractivity contribution in [3.05, 3.63) is 58.6 Å². The van der Waals surface area contributed by atoms with Crippen LogP contribution in [0.3, 0.4) is 0 Å². The zero-order valence-electron chi connectivity index (χ0n) is 16.8. The van der Waals surface area contributed by atoms with Crippen LogP contribution in [0.2, 0.25) is 5.02 Å². The zero-order valence-corrected chi connectivity index (χ0v) is 17.6. The zero-order chi connectivity index (χ0) is 21.0. The molecule has 0 bridgehead atoms. The SMILES string of the molecule is CCN(C(=O)c1cccc(C)c1-c1nnc(C)o1)[C@@H](C)COc1ccc(Cl)cn1. The molecule has 3 aromatic rings. The fourth-order valence-electron chi connectivity index (χ4n) is 3.08. The molecule has 1 atom stereocenters. The van der Waals surface area contributed by atoms with Gasteiger partial charge in [-0.05, 0) is 38.5 Å². The van der Waals surface area contributed by atoms with Crippen LogP contribution < -0.4 is 4.74 Å². The molecule has 0 N–H and O–H groups in total. The first kappa shape index (κ1) is 20.8.